The molecule has 0 saturated carbocycles. The summed E-state index contributed by atoms with van der Waals surface area (Å²) >= 11 is 0. The van der Waals surface area contributed by atoms with Crippen molar-refractivity contribution in [2.75, 3.05) is 31.1 Å². The Hall–Kier alpha value is -5.72. The molecule has 48 heavy (non-hydrogen) atoms. The number of aromatic nitrogens is 3. The minimum atomic E-state index is -4.43. The molecule has 2 aromatic heterocycles. The summed E-state index contributed by atoms with van der Waals surface area (Å²) in [6.45, 7) is 3.85. The van der Waals surface area contributed by atoms with E-state index in [1.165, 1.54) is 22.8 Å². The van der Waals surface area contributed by atoms with Gasteiger partial charge in [-0.1, -0.05) is 42.5 Å². The summed E-state index contributed by atoms with van der Waals surface area (Å²) in [7, 11) is 0. The number of piperazine rings is 1. The monoisotopic (exact) mass is 656 g/mol. The van der Waals surface area contributed by atoms with Crippen molar-refractivity contribution in [1.82, 2.24) is 24.8 Å². The van der Waals surface area contributed by atoms with Crippen molar-refractivity contribution in [1.29, 1.82) is 0 Å². The number of carbonyl (C=O) groups is 2. The van der Waals surface area contributed by atoms with Gasteiger partial charge < -0.3 is 19.9 Å². The number of pyridine rings is 1. The van der Waals surface area contributed by atoms with E-state index in [0.29, 0.717) is 65.7 Å². The first-order chi connectivity index (χ1) is 23.1. The second-order valence-electron chi connectivity index (χ2n) is 11.3. The predicted molar refractivity (Wildman–Crippen MR) is 173 cm³/mol. The molecule has 3 aromatic carbocycles. The second-order valence-corrected chi connectivity index (χ2v) is 11.3. The summed E-state index contributed by atoms with van der Waals surface area (Å²) in [6.07, 6.45) is -4.82. The highest BCUT2D eigenvalue weighted by Gasteiger charge is 2.30. The van der Waals surface area contributed by atoms with Crippen LogP contribution in [-0.2, 0) is 24.1 Å². The fourth-order valence-corrected chi connectivity index (χ4v) is 5.40. The second kappa shape index (κ2) is 13.6. The summed E-state index contributed by atoms with van der Waals surface area (Å²) in [5.41, 5.74) is 2.21. The summed E-state index contributed by atoms with van der Waals surface area (Å²) in [6, 6.07) is 23.5. The van der Waals surface area contributed by atoms with Gasteiger partial charge in [0.15, 0.2) is 5.65 Å². The number of benzene rings is 3. The number of hydrogen-bond acceptors (Lipinski definition) is 7. The molecule has 0 atom stereocenters. The molecular formula is C35H31F3N6O4. The highest BCUT2D eigenvalue weighted by Crippen LogP contribution is 2.29. The summed E-state index contributed by atoms with van der Waals surface area (Å²) in [5.74, 6) is 0.00572. The number of fused-ring (bicyclic) bond motifs is 1. The molecule has 3 heterocycles. The van der Waals surface area contributed by atoms with Gasteiger partial charge in [0.2, 0.25) is 5.95 Å². The number of alkyl halides is 3. The van der Waals surface area contributed by atoms with Gasteiger partial charge in [-0.2, -0.15) is 18.2 Å². The van der Waals surface area contributed by atoms with Crippen molar-refractivity contribution in [3.8, 4) is 5.69 Å². The fraction of sp³-hybridized carbons (Fsp3) is 0.229. The van der Waals surface area contributed by atoms with Crippen molar-refractivity contribution in [3.05, 3.63) is 129 Å². The largest absolute Gasteiger partial charge is 0.445 e. The van der Waals surface area contributed by atoms with Crippen LogP contribution in [0.1, 0.15) is 32.7 Å². The SMILES string of the molecule is Cc1nc(N2CCN(C(=O)OCc3ccccc3)CC2)nc2c1ccc(=O)n2-c1ccc(C(=O)NCc2ccc(C(F)(F)F)cc2)cc1. The first kappa shape index (κ1) is 32.2. The third-order valence-electron chi connectivity index (χ3n) is 8.08. The predicted octanol–water partition coefficient (Wildman–Crippen LogP) is 5.50. The number of hydrogen-bond donors (Lipinski definition) is 1. The third kappa shape index (κ3) is 7.14. The number of ether oxygens (including phenoxy) is 1. The number of amides is 2. The smallest absolute Gasteiger partial charge is 0.416 e. The molecule has 0 bridgehead atoms. The van der Waals surface area contributed by atoms with Gasteiger partial charge in [0.05, 0.1) is 16.9 Å². The average molecular weight is 657 g/mol. The number of anilines is 1. The maximum Gasteiger partial charge on any atom is 0.416 e. The first-order valence-corrected chi connectivity index (χ1v) is 15.2. The van der Waals surface area contributed by atoms with E-state index < -0.39 is 17.6 Å². The maximum atomic E-state index is 13.2. The third-order valence-corrected chi connectivity index (χ3v) is 8.08. The number of nitrogens with zero attached hydrogens (tertiary/aromatic N) is 5. The Labute approximate surface area is 273 Å². The lowest BCUT2D eigenvalue weighted by atomic mass is 10.1. The number of rotatable bonds is 7. The van der Waals surface area contributed by atoms with E-state index in [1.807, 2.05) is 42.2 Å². The van der Waals surface area contributed by atoms with Crippen LogP contribution in [0, 0.1) is 6.92 Å². The molecule has 1 aliphatic rings. The van der Waals surface area contributed by atoms with Crippen molar-refractivity contribution in [3.63, 3.8) is 0 Å². The highest BCUT2D eigenvalue weighted by atomic mass is 19.4. The minimum Gasteiger partial charge on any atom is -0.445 e. The zero-order valence-electron chi connectivity index (χ0n) is 25.9. The Kier molecular flexibility index (Phi) is 9.10. The van der Waals surface area contributed by atoms with E-state index in [4.69, 9.17) is 14.7 Å². The van der Waals surface area contributed by atoms with E-state index in [2.05, 4.69) is 5.32 Å². The van der Waals surface area contributed by atoms with E-state index in [9.17, 15) is 27.6 Å². The molecule has 1 aliphatic heterocycles. The van der Waals surface area contributed by atoms with Gasteiger partial charge in [-0.25, -0.2) is 9.78 Å². The molecule has 10 nitrogen and oxygen atoms in total. The van der Waals surface area contributed by atoms with E-state index in [-0.39, 0.29) is 24.8 Å². The molecule has 13 heteroatoms. The molecule has 6 rings (SSSR count). The van der Waals surface area contributed by atoms with Crippen molar-refractivity contribution in [2.24, 2.45) is 0 Å². The molecule has 2 amide bonds. The van der Waals surface area contributed by atoms with Crippen LogP contribution in [0.2, 0.25) is 0 Å². The summed E-state index contributed by atoms with van der Waals surface area (Å²) < 4.78 is 45.4. The fourth-order valence-electron chi connectivity index (χ4n) is 5.40. The van der Waals surface area contributed by atoms with Crippen molar-refractivity contribution in [2.45, 2.75) is 26.3 Å². The van der Waals surface area contributed by atoms with Crippen LogP contribution in [0.5, 0.6) is 0 Å². The maximum absolute atomic E-state index is 13.2. The Bertz CT molecular complexity index is 1990. The van der Waals surface area contributed by atoms with E-state index in [1.54, 1.807) is 35.2 Å². The molecule has 1 saturated heterocycles. The van der Waals surface area contributed by atoms with Gasteiger partial charge in [-0.3, -0.25) is 14.2 Å². The van der Waals surface area contributed by atoms with Crippen LogP contribution in [0.3, 0.4) is 0 Å². The molecular weight excluding hydrogens is 625 g/mol. The van der Waals surface area contributed by atoms with Crippen LogP contribution in [0.25, 0.3) is 16.7 Å². The molecule has 0 spiro atoms. The molecule has 246 valence electrons. The molecule has 0 aliphatic carbocycles. The Morgan fingerprint density at radius 2 is 1.52 bits per heavy atom. The Morgan fingerprint density at radius 1 is 0.833 bits per heavy atom. The number of halogens is 3. The zero-order valence-corrected chi connectivity index (χ0v) is 25.9. The molecule has 5 aromatic rings. The lowest BCUT2D eigenvalue weighted by Crippen LogP contribution is -2.49. The van der Waals surface area contributed by atoms with E-state index >= 15 is 0 Å². The summed E-state index contributed by atoms with van der Waals surface area (Å²) in [4.78, 5) is 51.7. The van der Waals surface area contributed by atoms with Gasteiger partial charge >= 0.3 is 12.3 Å². The van der Waals surface area contributed by atoms with Gasteiger partial charge in [0.25, 0.3) is 11.5 Å². The summed E-state index contributed by atoms with van der Waals surface area (Å²) in [5, 5.41) is 3.38. The van der Waals surface area contributed by atoms with Crippen LogP contribution in [0.15, 0.2) is 95.8 Å². The molecule has 0 radical (unpaired) electrons. The highest BCUT2D eigenvalue weighted by molar-refractivity contribution is 5.94. The van der Waals surface area contributed by atoms with Gasteiger partial charge in [-0.15, -0.1) is 0 Å². The average Bonchev–Trinajstić information content (AvgIpc) is 3.10. The van der Waals surface area contributed by atoms with Crippen LogP contribution < -0.4 is 15.8 Å². The van der Waals surface area contributed by atoms with Crippen molar-refractivity contribution >= 4 is 29.0 Å². The standard InChI is InChI=1S/C35H31F3N6O4/c1-23-29-15-16-30(45)44(28-13-9-26(10-14-28)32(46)39-21-24-7-11-27(12-8-24)35(36,37)38)31(29)41-33(40-23)42-17-19-43(20-18-42)34(47)48-22-25-5-3-2-4-6-25/h2-16H,17-22H2,1H3,(H,39,46). The lowest BCUT2D eigenvalue weighted by Gasteiger charge is -2.34. The Morgan fingerprint density at radius 3 is 2.19 bits per heavy atom. The number of aryl methyl sites for hydroxylation is 1. The van der Waals surface area contributed by atoms with Crippen LogP contribution >= 0.6 is 0 Å². The number of carbonyl (C=O) groups excluding carboxylic acids is 2. The normalized spacial score (nSPS) is 13.4. The molecule has 1 N–H and O–H groups in total. The van der Waals surface area contributed by atoms with E-state index in [0.717, 1.165) is 17.7 Å². The Balaban J connectivity index is 1.14. The zero-order chi connectivity index (χ0) is 33.8. The van der Waals surface area contributed by atoms with Crippen molar-refractivity contribution < 1.29 is 27.5 Å². The number of nitrogens with one attached hydrogen (secondary N) is 1. The topological polar surface area (TPSA) is 110 Å². The van der Waals surface area contributed by atoms with Crippen LogP contribution in [0.4, 0.5) is 23.9 Å². The molecule has 1 fully saturated rings. The van der Waals surface area contributed by atoms with Gasteiger partial charge in [-0.05, 0) is 60.5 Å². The lowest BCUT2D eigenvalue weighted by molar-refractivity contribution is -0.137. The van der Waals surface area contributed by atoms with Crippen LogP contribution in [-0.4, -0.2) is 57.6 Å². The molecule has 0 unspecified atom stereocenters. The van der Waals surface area contributed by atoms with Gasteiger partial charge in [0, 0.05) is 49.7 Å². The minimum absolute atomic E-state index is 0.0452. The van der Waals surface area contributed by atoms with Gasteiger partial charge in [0.1, 0.15) is 6.61 Å². The quantitative estimate of drug-likeness (QED) is 0.247. The first-order valence-electron chi connectivity index (χ1n) is 15.2.